The van der Waals surface area contributed by atoms with E-state index in [2.05, 4.69) is 0 Å². The highest BCUT2D eigenvalue weighted by molar-refractivity contribution is 5.77. The molecule has 0 aromatic carbocycles. The van der Waals surface area contributed by atoms with Crippen molar-refractivity contribution in [3.63, 3.8) is 0 Å². The average molecular weight is 937 g/mol. The van der Waals surface area contributed by atoms with Crippen molar-refractivity contribution in [2.45, 2.75) is 274 Å². The lowest BCUT2D eigenvalue weighted by Crippen LogP contribution is -2.69. The summed E-state index contributed by atoms with van der Waals surface area (Å²) in [6.45, 7) is 23.8. The van der Waals surface area contributed by atoms with E-state index >= 15 is 0 Å². The first kappa shape index (κ1) is 60.8. The number of hydrogen-bond donors (Lipinski definition) is 0. The van der Waals surface area contributed by atoms with Crippen molar-refractivity contribution in [2.75, 3.05) is 0 Å². The van der Waals surface area contributed by atoms with Crippen LogP contribution < -0.4 is 0 Å². The van der Waals surface area contributed by atoms with Gasteiger partial charge in [0.25, 0.3) is 0 Å². The Kier molecular flexibility index (Phi) is 32.3. The molecule has 0 heterocycles. The van der Waals surface area contributed by atoms with Gasteiger partial charge in [-0.1, -0.05) is 160 Å². The zero-order valence-corrected chi connectivity index (χ0v) is 43.8. The van der Waals surface area contributed by atoms with E-state index in [0.29, 0.717) is 154 Å². The fraction of sp³-hybridized carbons (Fsp3) is 0.889. The summed E-state index contributed by atoms with van der Waals surface area (Å²) < 4.78 is 39.5. The van der Waals surface area contributed by atoms with Crippen molar-refractivity contribution in [2.24, 2.45) is 35.5 Å². The third kappa shape index (κ3) is 19.8. The number of hydrogen-bond acceptors (Lipinski definition) is 12. The number of ether oxygens (including phenoxy) is 6. The number of esters is 6. The van der Waals surface area contributed by atoms with Crippen LogP contribution in [0.3, 0.4) is 0 Å². The third-order valence-corrected chi connectivity index (χ3v) is 13.1. The summed E-state index contributed by atoms with van der Waals surface area (Å²) in [5.41, 5.74) is 0. The fourth-order valence-corrected chi connectivity index (χ4v) is 9.77. The first-order chi connectivity index (χ1) is 31.7. The summed E-state index contributed by atoms with van der Waals surface area (Å²) in [4.78, 5) is 87.8. The van der Waals surface area contributed by atoms with Gasteiger partial charge in [0.1, 0.15) is 0 Å². The molecule has 1 aliphatic carbocycles. The molecule has 0 aromatic rings. The van der Waals surface area contributed by atoms with E-state index in [1.807, 2.05) is 83.1 Å². The van der Waals surface area contributed by atoms with Crippen molar-refractivity contribution >= 4 is 35.8 Å². The molecule has 66 heavy (non-hydrogen) atoms. The standard InChI is InChI=1S/C54H96O12/c1-13-25-37(26-14-2)49(55)61-43-44(62-50(56)38(27-15-3)28-16-4)46(64-52(58)40(31-19-7)32-20-8)48(66-54(60)42(35-23-11)36-24-12)47(65-53(59)41(33-21-9)34-22-10)45(43)63-51(57)39(29-17-5)30-18-6/h37-48H,13-36H2,1-12H3/t43-,44-,45-,46+,47-,48-. The van der Waals surface area contributed by atoms with Crippen LogP contribution in [-0.4, -0.2) is 72.4 Å². The smallest absolute Gasteiger partial charge is 0.309 e. The number of carbonyl (C=O) groups excluding carboxylic acids is 6. The van der Waals surface area contributed by atoms with Gasteiger partial charge in [-0.3, -0.25) is 28.8 Å². The maximum absolute atomic E-state index is 14.6. The van der Waals surface area contributed by atoms with Crippen LogP contribution in [0.15, 0.2) is 0 Å². The molecular weight excluding hydrogens is 841 g/mol. The highest BCUT2D eigenvalue weighted by Gasteiger charge is 2.62. The van der Waals surface area contributed by atoms with Gasteiger partial charge in [0.15, 0.2) is 36.6 Å². The van der Waals surface area contributed by atoms with Gasteiger partial charge in [-0.05, 0) is 77.0 Å². The average Bonchev–Trinajstić information content (AvgIpc) is 3.28. The summed E-state index contributed by atoms with van der Waals surface area (Å²) in [5, 5.41) is 0. The van der Waals surface area contributed by atoms with Gasteiger partial charge in [-0.25, -0.2) is 0 Å². The Morgan fingerprint density at radius 3 is 0.394 bits per heavy atom. The number of carbonyl (C=O) groups is 6. The first-order valence-corrected chi connectivity index (χ1v) is 27.0. The van der Waals surface area contributed by atoms with Crippen LogP contribution in [0.4, 0.5) is 0 Å². The second-order valence-corrected chi connectivity index (χ2v) is 19.1. The van der Waals surface area contributed by atoms with Crippen LogP contribution in [0.5, 0.6) is 0 Å². The molecule has 0 N–H and O–H groups in total. The number of rotatable bonds is 36. The van der Waals surface area contributed by atoms with Gasteiger partial charge in [0.2, 0.25) is 0 Å². The molecule has 0 unspecified atom stereocenters. The van der Waals surface area contributed by atoms with Crippen LogP contribution in [0.2, 0.25) is 0 Å². The summed E-state index contributed by atoms with van der Waals surface area (Å²) in [6.07, 6.45) is 4.78. The van der Waals surface area contributed by atoms with Crippen molar-refractivity contribution in [3.05, 3.63) is 0 Å². The van der Waals surface area contributed by atoms with Crippen LogP contribution >= 0.6 is 0 Å². The first-order valence-electron chi connectivity index (χ1n) is 27.0. The van der Waals surface area contributed by atoms with E-state index in [0.717, 1.165) is 0 Å². The lowest BCUT2D eigenvalue weighted by atomic mass is 9.82. The second kappa shape index (κ2) is 35.0. The molecular formula is C54H96O12. The van der Waals surface area contributed by atoms with Crippen molar-refractivity contribution < 1.29 is 57.2 Å². The Hall–Kier alpha value is -3.18. The van der Waals surface area contributed by atoms with Crippen molar-refractivity contribution in [1.29, 1.82) is 0 Å². The molecule has 0 radical (unpaired) electrons. The minimum Gasteiger partial charge on any atom is -0.454 e. The lowest BCUT2D eigenvalue weighted by molar-refractivity contribution is -0.266. The van der Waals surface area contributed by atoms with E-state index < -0.39 is 108 Å². The molecule has 1 aliphatic rings. The van der Waals surface area contributed by atoms with E-state index in [4.69, 9.17) is 28.4 Å². The molecule has 1 saturated carbocycles. The minimum absolute atomic E-state index is 0.511. The van der Waals surface area contributed by atoms with Crippen molar-refractivity contribution in [3.8, 4) is 0 Å². The molecule has 0 atom stereocenters. The van der Waals surface area contributed by atoms with E-state index in [1.165, 1.54) is 0 Å². The van der Waals surface area contributed by atoms with E-state index in [1.54, 1.807) is 0 Å². The Labute approximate surface area is 401 Å². The van der Waals surface area contributed by atoms with E-state index in [9.17, 15) is 28.8 Å². The van der Waals surface area contributed by atoms with Gasteiger partial charge >= 0.3 is 35.8 Å². The molecule has 0 amide bonds. The minimum atomic E-state index is -1.60. The summed E-state index contributed by atoms with van der Waals surface area (Å²) in [6, 6.07) is 0. The maximum atomic E-state index is 14.6. The molecule has 12 heteroatoms. The maximum Gasteiger partial charge on any atom is 0.309 e. The monoisotopic (exact) mass is 937 g/mol. The molecule has 12 nitrogen and oxygen atoms in total. The fourth-order valence-electron chi connectivity index (χ4n) is 9.77. The van der Waals surface area contributed by atoms with E-state index in [-0.39, 0.29) is 0 Å². The zero-order valence-electron chi connectivity index (χ0n) is 43.8. The Balaban J connectivity index is 4.66. The molecule has 0 aromatic heterocycles. The quantitative estimate of drug-likeness (QED) is 0.0433. The van der Waals surface area contributed by atoms with Crippen LogP contribution in [0.1, 0.15) is 237 Å². The molecule has 0 spiro atoms. The van der Waals surface area contributed by atoms with Gasteiger partial charge in [0.05, 0.1) is 35.5 Å². The Bertz CT molecular complexity index is 1070. The SMILES string of the molecule is CCCC(CCC)C(=O)O[C@H]1[C@H](OC(=O)C(CCC)CCC)[C@@H](OC(=O)C(CCC)CCC)[C@H](OC(=O)C(CCC)CCC)[C@@H](OC(=O)C(CCC)CCC)[C@H]1OC(=O)C(CCC)CCC. The zero-order chi connectivity index (χ0) is 49.6. The van der Waals surface area contributed by atoms with Gasteiger partial charge in [-0.15, -0.1) is 0 Å². The topological polar surface area (TPSA) is 158 Å². The molecule has 1 fully saturated rings. The van der Waals surface area contributed by atoms with Gasteiger partial charge in [-0.2, -0.15) is 0 Å². The summed E-state index contributed by atoms with van der Waals surface area (Å²) in [7, 11) is 0. The molecule has 1 rings (SSSR count). The molecule has 0 aliphatic heterocycles. The van der Waals surface area contributed by atoms with Gasteiger partial charge < -0.3 is 28.4 Å². The van der Waals surface area contributed by atoms with Crippen LogP contribution in [0, 0.1) is 35.5 Å². The second-order valence-electron chi connectivity index (χ2n) is 19.1. The summed E-state index contributed by atoms with van der Waals surface area (Å²) in [5.74, 6) is -6.85. The largest absolute Gasteiger partial charge is 0.454 e. The Morgan fingerprint density at radius 1 is 0.227 bits per heavy atom. The van der Waals surface area contributed by atoms with Crippen molar-refractivity contribution in [1.82, 2.24) is 0 Å². The Morgan fingerprint density at radius 2 is 0.318 bits per heavy atom. The third-order valence-electron chi connectivity index (χ3n) is 13.1. The highest BCUT2D eigenvalue weighted by atomic mass is 16.7. The predicted molar refractivity (Wildman–Crippen MR) is 259 cm³/mol. The molecule has 0 bridgehead atoms. The van der Waals surface area contributed by atoms with Gasteiger partial charge in [0, 0.05) is 0 Å². The molecule has 0 saturated heterocycles. The van der Waals surface area contributed by atoms with Crippen LogP contribution in [0.25, 0.3) is 0 Å². The normalized spacial score (nSPS) is 19.7. The van der Waals surface area contributed by atoms with Crippen LogP contribution in [-0.2, 0) is 57.2 Å². The highest BCUT2D eigenvalue weighted by Crippen LogP contribution is 2.39. The lowest BCUT2D eigenvalue weighted by Gasteiger charge is -2.48. The summed E-state index contributed by atoms with van der Waals surface area (Å²) >= 11 is 0. The predicted octanol–water partition coefficient (Wildman–Crippen LogP) is 12.8. The molecule has 384 valence electrons.